The molecule has 0 bridgehead atoms. The van der Waals surface area contributed by atoms with E-state index in [0.717, 1.165) is 47.3 Å². The van der Waals surface area contributed by atoms with Crippen LogP contribution in [0.25, 0.3) is 16.6 Å². The molecule has 0 unspecified atom stereocenters. The van der Waals surface area contributed by atoms with E-state index < -0.39 is 0 Å². The maximum absolute atomic E-state index is 14.3. The minimum atomic E-state index is -0.171. The van der Waals surface area contributed by atoms with E-state index >= 15 is 0 Å². The van der Waals surface area contributed by atoms with Crippen molar-refractivity contribution in [2.45, 2.75) is 26.2 Å². The normalized spacial score (nSPS) is 13.8. The first-order valence-electron chi connectivity index (χ1n) is 8.57. The second-order valence-corrected chi connectivity index (χ2v) is 6.40. The van der Waals surface area contributed by atoms with Crippen LogP contribution < -0.4 is 0 Å². The summed E-state index contributed by atoms with van der Waals surface area (Å²) in [5, 5.41) is 1.16. The zero-order valence-electron chi connectivity index (χ0n) is 14.2. The number of hydrogen-bond acceptors (Lipinski definition) is 2. The van der Waals surface area contributed by atoms with E-state index in [1.807, 2.05) is 30.3 Å². The summed E-state index contributed by atoms with van der Waals surface area (Å²) in [5.74, 6) is -0.171. The Morgan fingerprint density at radius 3 is 2.76 bits per heavy atom. The van der Waals surface area contributed by atoms with Crippen LogP contribution in [0.5, 0.6) is 0 Å². The highest BCUT2D eigenvalue weighted by molar-refractivity contribution is 5.96. The van der Waals surface area contributed by atoms with Crippen LogP contribution in [-0.4, -0.2) is 10.7 Å². The Balaban J connectivity index is 1.48. The lowest BCUT2D eigenvalue weighted by molar-refractivity contribution is 0.614. The second kappa shape index (κ2) is 6.60. The Morgan fingerprint density at radius 2 is 1.84 bits per heavy atom. The number of rotatable bonds is 4. The Morgan fingerprint density at radius 1 is 0.960 bits per heavy atom. The molecule has 1 aliphatic heterocycles. The first kappa shape index (κ1) is 15.7. The lowest BCUT2D eigenvalue weighted by Gasteiger charge is -2.05. The zero-order chi connectivity index (χ0) is 17.2. The molecule has 124 valence electrons. The van der Waals surface area contributed by atoms with Crippen LogP contribution in [0.1, 0.15) is 29.7 Å². The number of halogens is 1. The molecule has 0 fully saturated rings. The van der Waals surface area contributed by atoms with E-state index in [-0.39, 0.29) is 5.82 Å². The van der Waals surface area contributed by atoms with Gasteiger partial charge in [0, 0.05) is 28.8 Å². The van der Waals surface area contributed by atoms with Gasteiger partial charge >= 0.3 is 0 Å². The quantitative estimate of drug-likeness (QED) is 0.620. The topological polar surface area (TPSA) is 25.2 Å². The smallest absolute Gasteiger partial charge is 0.135 e. The van der Waals surface area contributed by atoms with Crippen molar-refractivity contribution >= 4 is 22.3 Å². The number of aryl methyl sites for hydroxylation is 2. The molecule has 3 aromatic rings. The van der Waals surface area contributed by atoms with E-state index in [1.54, 1.807) is 19.1 Å². The summed E-state index contributed by atoms with van der Waals surface area (Å²) in [6, 6.07) is 17.8. The number of para-hydroxylation sites is 1. The van der Waals surface area contributed by atoms with Gasteiger partial charge in [-0.3, -0.25) is 9.98 Å². The average molecular weight is 330 g/mol. The number of fused-ring (bicyclic) bond motifs is 1. The third-order valence-electron chi connectivity index (χ3n) is 4.60. The first-order chi connectivity index (χ1) is 12.2. The number of pyridine rings is 1. The lowest BCUT2D eigenvalue weighted by Crippen LogP contribution is -1.99. The van der Waals surface area contributed by atoms with Crippen LogP contribution in [0.3, 0.4) is 0 Å². The van der Waals surface area contributed by atoms with Gasteiger partial charge < -0.3 is 0 Å². The molecular formula is C22H19FN2. The molecule has 4 rings (SSSR count). The molecule has 0 spiro atoms. The first-order valence-corrected chi connectivity index (χ1v) is 8.57. The van der Waals surface area contributed by atoms with Crippen molar-refractivity contribution in [3.8, 4) is 0 Å². The van der Waals surface area contributed by atoms with Crippen LogP contribution in [-0.2, 0) is 6.42 Å². The van der Waals surface area contributed by atoms with E-state index in [1.165, 1.54) is 0 Å². The summed E-state index contributed by atoms with van der Waals surface area (Å²) in [4.78, 5) is 9.35. The number of benzene rings is 2. The molecule has 1 aliphatic rings. The summed E-state index contributed by atoms with van der Waals surface area (Å²) in [6.07, 6.45) is 4.50. The van der Waals surface area contributed by atoms with Crippen LogP contribution in [0.2, 0.25) is 0 Å². The molecule has 0 saturated carbocycles. The van der Waals surface area contributed by atoms with Gasteiger partial charge in [0.15, 0.2) is 0 Å². The Labute approximate surface area is 146 Å². The van der Waals surface area contributed by atoms with Crippen molar-refractivity contribution in [2.24, 2.45) is 4.99 Å². The van der Waals surface area contributed by atoms with Gasteiger partial charge in [0.05, 0.1) is 11.2 Å². The van der Waals surface area contributed by atoms with Crippen LogP contribution in [0, 0.1) is 12.7 Å². The number of allylic oxidation sites excluding steroid dienone is 1. The van der Waals surface area contributed by atoms with Crippen LogP contribution in [0.4, 0.5) is 4.39 Å². The number of nitrogens with zero attached hydrogens (tertiary/aromatic N) is 2. The highest BCUT2D eigenvalue weighted by Gasteiger charge is 2.15. The molecule has 2 nitrogen and oxygen atoms in total. The van der Waals surface area contributed by atoms with Gasteiger partial charge in [0.1, 0.15) is 5.82 Å². The molecule has 0 amide bonds. The summed E-state index contributed by atoms with van der Waals surface area (Å²) in [7, 11) is 0. The maximum Gasteiger partial charge on any atom is 0.135 e. The van der Waals surface area contributed by atoms with Crippen molar-refractivity contribution in [1.82, 2.24) is 4.98 Å². The van der Waals surface area contributed by atoms with Crippen LogP contribution in [0.15, 0.2) is 65.7 Å². The van der Waals surface area contributed by atoms with E-state index in [4.69, 9.17) is 4.98 Å². The fraction of sp³-hybridized carbons (Fsp3) is 0.182. The largest absolute Gasteiger partial charge is 0.257 e. The summed E-state index contributed by atoms with van der Waals surface area (Å²) < 4.78 is 14.3. The van der Waals surface area contributed by atoms with E-state index in [2.05, 4.69) is 23.2 Å². The standard InChI is InChI=1S/C22H19FN2/c1-15-5-4-7-19(22(15)23)21-14-13-18(25-21)12-11-17-10-9-16-6-2-3-8-20(16)24-17/h2-10,14H,11-13H2,1H3. The summed E-state index contributed by atoms with van der Waals surface area (Å²) >= 11 is 0. The van der Waals surface area contributed by atoms with Gasteiger partial charge in [-0.05, 0) is 43.5 Å². The number of aromatic nitrogens is 1. The fourth-order valence-electron chi connectivity index (χ4n) is 3.17. The molecule has 25 heavy (non-hydrogen) atoms. The van der Waals surface area contributed by atoms with Gasteiger partial charge in [0.25, 0.3) is 0 Å². The number of hydrogen-bond donors (Lipinski definition) is 0. The third kappa shape index (κ3) is 3.22. The van der Waals surface area contributed by atoms with Gasteiger partial charge in [-0.2, -0.15) is 0 Å². The molecule has 0 atom stereocenters. The van der Waals surface area contributed by atoms with Gasteiger partial charge in [-0.15, -0.1) is 0 Å². The molecule has 0 aliphatic carbocycles. The van der Waals surface area contributed by atoms with Crippen molar-refractivity contribution in [1.29, 1.82) is 0 Å². The SMILES string of the molecule is Cc1cccc(C2=CCC(CCc3ccc4ccccc4n3)=N2)c1F. The molecular weight excluding hydrogens is 311 g/mol. The van der Waals surface area contributed by atoms with Crippen molar-refractivity contribution in [3.63, 3.8) is 0 Å². The summed E-state index contributed by atoms with van der Waals surface area (Å²) in [5.41, 5.74) is 5.18. The van der Waals surface area contributed by atoms with Gasteiger partial charge in [0.2, 0.25) is 0 Å². The lowest BCUT2D eigenvalue weighted by atomic mass is 10.1. The minimum absolute atomic E-state index is 0.171. The van der Waals surface area contributed by atoms with Crippen molar-refractivity contribution < 1.29 is 4.39 Å². The highest BCUT2D eigenvalue weighted by Crippen LogP contribution is 2.27. The average Bonchev–Trinajstić information content (AvgIpc) is 3.11. The fourth-order valence-corrected chi connectivity index (χ4v) is 3.17. The van der Waals surface area contributed by atoms with Crippen LogP contribution >= 0.6 is 0 Å². The maximum atomic E-state index is 14.3. The Hall–Kier alpha value is -2.81. The molecule has 2 aromatic carbocycles. The number of aliphatic imine (C=N–C) groups is 1. The monoisotopic (exact) mass is 330 g/mol. The Bertz CT molecular complexity index is 1000. The molecule has 2 heterocycles. The third-order valence-corrected chi connectivity index (χ3v) is 4.60. The van der Waals surface area contributed by atoms with E-state index in [9.17, 15) is 4.39 Å². The highest BCUT2D eigenvalue weighted by atomic mass is 19.1. The van der Waals surface area contributed by atoms with Crippen molar-refractivity contribution in [3.05, 3.63) is 83.3 Å². The second-order valence-electron chi connectivity index (χ2n) is 6.40. The molecule has 1 aromatic heterocycles. The molecule has 3 heteroatoms. The van der Waals surface area contributed by atoms with Gasteiger partial charge in [-0.25, -0.2) is 4.39 Å². The molecule has 0 N–H and O–H groups in total. The zero-order valence-corrected chi connectivity index (χ0v) is 14.2. The van der Waals surface area contributed by atoms with Crippen molar-refractivity contribution in [2.75, 3.05) is 0 Å². The predicted octanol–water partition coefficient (Wildman–Crippen LogP) is 5.50. The minimum Gasteiger partial charge on any atom is -0.257 e. The summed E-state index contributed by atoms with van der Waals surface area (Å²) in [6.45, 7) is 1.78. The molecule has 0 saturated heterocycles. The molecule has 0 radical (unpaired) electrons. The predicted molar refractivity (Wildman–Crippen MR) is 101 cm³/mol. The Kier molecular flexibility index (Phi) is 4.14. The van der Waals surface area contributed by atoms with Gasteiger partial charge in [-0.1, -0.05) is 42.5 Å². The van der Waals surface area contributed by atoms with E-state index in [0.29, 0.717) is 11.1 Å².